The molecule has 0 bridgehead atoms. The molecule has 162 valence electrons. The number of para-hydroxylation sites is 1. The van der Waals surface area contributed by atoms with Crippen LogP contribution in [0.25, 0.3) is 0 Å². The van der Waals surface area contributed by atoms with Crippen LogP contribution in [0.1, 0.15) is 49.0 Å². The molecule has 1 N–H and O–H groups in total. The highest BCUT2D eigenvalue weighted by atomic mass is 16.4. The minimum absolute atomic E-state index is 0.0828. The van der Waals surface area contributed by atoms with E-state index in [2.05, 4.69) is 0 Å². The third-order valence-corrected chi connectivity index (χ3v) is 6.90. The van der Waals surface area contributed by atoms with E-state index in [4.69, 9.17) is 4.98 Å². The summed E-state index contributed by atoms with van der Waals surface area (Å²) in [4.78, 5) is 45.1. The lowest BCUT2D eigenvalue weighted by atomic mass is 9.75. The number of benzene rings is 1. The number of amides is 2. The van der Waals surface area contributed by atoms with Crippen LogP contribution in [0.5, 0.6) is 0 Å². The van der Waals surface area contributed by atoms with Crippen LogP contribution in [0, 0.1) is 0 Å². The molecule has 1 aromatic carbocycles. The van der Waals surface area contributed by atoms with Crippen molar-refractivity contribution in [3.05, 3.63) is 47.0 Å². The number of anilines is 1. The molecule has 2 aliphatic heterocycles. The largest absolute Gasteiger partial charge is 0.465 e. The number of imidazole rings is 1. The summed E-state index contributed by atoms with van der Waals surface area (Å²) in [6.07, 6.45) is 3.43. The Bertz CT molecular complexity index is 1080. The molecule has 0 unspecified atom stereocenters. The highest BCUT2D eigenvalue weighted by molar-refractivity contribution is 6.09. The van der Waals surface area contributed by atoms with Gasteiger partial charge in [-0.2, -0.15) is 0 Å². The first-order valence-electron chi connectivity index (χ1n) is 10.9. The van der Waals surface area contributed by atoms with Crippen molar-refractivity contribution in [2.24, 2.45) is 0 Å². The van der Waals surface area contributed by atoms with E-state index < -0.39 is 11.5 Å². The van der Waals surface area contributed by atoms with Crippen LogP contribution < -0.4 is 4.90 Å². The van der Waals surface area contributed by atoms with Crippen LogP contribution in [0.15, 0.2) is 24.3 Å². The molecule has 1 saturated heterocycles. The fraction of sp³-hybridized carbons (Fsp3) is 0.478. The number of nitrogens with zero attached hydrogens (tertiary/aromatic N) is 4. The standard InChI is InChI=1S/C23H26N4O4/c1-2-15(28)11-26-19-10-6-4-8-17(19)24-20(26)12-27-18-9-5-3-7-16(18)23(21(27)29)13-25(14-23)22(30)31/h3,5,7,9H,2,4,6,8,10-14H2,1H3,(H,30,31). The number of carbonyl (C=O) groups excluding carboxylic acids is 2. The average Bonchev–Trinajstić information content (AvgIpc) is 3.20. The van der Waals surface area contributed by atoms with E-state index in [9.17, 15) is 19.5 Å². The van der Waals surface area contributed by atoms with Crippen LogP contribution >= 0.6 is 0 Å². The molecule has 8 nitrogen and oxygen atoms in total. The predicted octanol–water partition coefficient (Wildman–Crippen LogP) is 2.52. The second-order valence-corrected chi connectivity index (χ2v) is 8.74. The number of rotatable bonds is 5. The maximum absolute atomic E-state index is 13.6. The summed E-state index contributed by atoms with van der Waals surface area (Å²) in [7, 11) is 0. The minimum atomic E-state index is -1.00. The monoisotopic (exact) mass is 422 g/mol. The van der Waals surface area contributed by atoms with Crippen LogP contribution in [-0.2, 0) is 40.9 Å². The van der Waals surface area contributed by atoms with Gasteiger partial charge in [-0.1, -0.05) is 25.1 Å². The molecular formula is C23H26N4O4. The summed E-state index contributed by atoms with van der Waals surface area (Å²) in [6, 6.07) is 7.62. The summed E-state index contributed by atoms with van der Waals surface area (Å²) in [5, 5.41) is 9.31. The Balaban J connectivity index is 1.51. The Morgan fingerprint density at radius 1 is 1.16 bits per heavy atom. The maximum atomic E-state index is 13.6. The number of ketones is 1. The molecule has 3 aliphatic rings. The van der Waals surface area contributed by atoms with Crippen molar-refractivity contribution in [1.82, 2.24) is 14.5 Å². The Kier molecular flexibility index (Phi) is 4.60. The molecule has 8 heteroatoms. The third kappa shape index (κ3) is 2.96. The summed E-state index contributed by atoms with van der Waals surface area (Å²) in [6.45, 7) is 2.78. The molecule has 0 saturated carbocycles. The second kappa shape index (κ2) is 7.21. The normalized spacial score (nSPS) is 18.7. The summed E-state index contributed by atoms with van der Waals surface area (Å²) < 4.78 is 2.02. The number of aryl methyl sites for hydroxylation is 1. The Labute approximate surface area is 180 Å². The highest BCUT2D eigenvalue weighted by Crippen LogP contribution is 2.47. The van der Waals surface area contributed by atoms with Crippen LogP contribution in [-0.4, -0.2) is 50.4 Å². The van der Waals surface area contributed by atoms with Crippen molar-refractivity contribution in [3.63, 3.8) is 0 Å². The first kappa shape index (κ1) is 19.8. The Morgan fingerprint density at radius 2 is 1.90 bits per heavy atom. The number of fused-ring (bicyclic) bond motifs is 3. The molecule has 1 aliphatic carbocycles. The van der Waals surface area contributed by atoms with Crippen LogP contribution in [0.4, 0.5) is 10.5 Å². The topological polar surface area (TPSA) is 95.7 Å². The van der Waals surface area contributed by atoms with Crippen molar-refractivity contribution in [1.29, 1.82) is 0 Å². The predicted molar refractivity (Wildman–Crippen MR) is 113 cm³/mol. The van der Waals surface area contributed by atoms with E-state index in [1.807, 2.05) is 35.8 Å². The molecule has 0 atom stereocenters. The smallest absolute Gasteiger partial charge is 0.407 e. The molecule has 0 radical (unpaired) electrons. The first-order chi connectivity index (χ1) is 14.9. The molecular weight excluding hydrogens is 396 g/mol. The number of Topliss-reactive ketones (excluding diaryl/α,β-unsaturated/α-hetero) is 1. The van der Waals surface area contributed by atoms with Crippen molar-refractivity contribution < 1.29 is 19.5 Å². The van der Waals surface area contributed by atoms with Gasteiger partial charge in [-0.15, -0.1) is 0 Å². The van der Waals surface area contributed by atoms with E-state index in [0.717, 1.165) is 54.1 Å². The van der Waals surface area contributed by atoms with E-state index in [0.29, 0.717) is 6.42 Å². The third-order valence-electron chi connectivity index (χ3n) is 6.90. The second-order valence-electron chi connectivity index (χ2n) is 8.74. The van der Waals surface area contributed by atoms with Gasteiger partial charge in [0.2, 0.25) is 5.91 Å². The molecule has 2 amide bonds. The number of aromatic nitrogens is 2. The van der Waals surface area contributed by atoms with E-state index >= 15 is 0 Å². The molecule has 31 heavy (non-hydrogen) atoms. The van der Waals surface area contributed by atoms with Gasteiger partial charge >= 0.3 is 6.09 Å². The zero-order chi connectivity index (χ0) is 21.8. The van der Waals surface area contributed by atoms with Crippen molar-refractivity contribution in [2.75, 3.05) is 18.0 Å². The lowest BCUT2D eigenvalue weighted by molar-refractivity contribution is -0.128. The first-order valence-corrected chi connectivity index (χ1v) is 10.9. The number of hydrogen-bond acceptors (Lipinski definition) is 4. The molecule has 1 aromatic heterocycles. The van der Waals surface area contributed by atoms with Gasteiger partial charge in [-0.05, 0) is 37.3 Å². The minimum Gasteiger partial charge on any atom is -0.465 e. The van der Waals surface area contributed by atoms with Gasteiger partial charge < -0.3 is 19.5 Å². The number of carbonyl (C=O) groups is 3. The van der Waals surface area contributed by atoms with Gasteiger partial charge in [-0.25, -0.2) is 9.78 Å². The highest BCUT2D eigenvalue weighted by Gasteiger charge is 2.59. The fourth-order valence-electron chi connectivity index (χ4n) is 5.19. The van der Waals surface area contributed by atoms with Gasteiger partial charge in [-0.3, -0.25) is 9.59 Å². The van der Waals surface area contributed by atoms with Crippen molar-refractivity contribution in [2.45, 2.75) is 57.5 Å². The lowest BCUT2D eigenvalue weighted by Gasteiger charge is -2.45. The van der Waals surface area contributed by atoms with Crippen LogP contribution in [0.2, 0.25) is 0 Å². The summed E-state index contributed by atoms with van der Waals surface area (Å²) >= 11 is 0. The summed E-state index contributed by atoms with van der Waals surface area (Å²) in [5.41, 5.74) is 3.04. The van der Waals surface area contributed by atoms with E-state index in [1.54, 1.807) is 4.90 Å². The van der Waals surface area contributed by atoms with E-state index in [-0.39, 0.29) is 37.9 Å². The van der Waals surface area contributed by atoms with Crippen molar-refractivity contribution >= 4 is 23.5 Å². The number of hydrogen-bond donors (Lipinski definition) is 1. The number of carboxylic acid groups (broad SMARTS) is 1. The maximum Gasteiger partial charge on any atom is 0.407 e. The molecule has 2 aromatic rings. The van der Waals surface area contributed by atoms with Gasteiger partial charge in [0.15, 0.2) is 5.78 Å². The summed E-state index contributed by atoms with van der Waals surface area (Å²) in [5.74, 6) is 0.802. The van der Waals surface area contributed by atoms with Gasteiger partial charge in [0.05, 0.1) is 18.8 Å². The Hall–Kier alpha value is -3.16. The Morgan fingerprint density at radius 3 is 2.65 bits per heavy atom. The quantitative estimate of drug-likeness (QED) is 0.799. The number of likely N-dealkylation sites (tertiary alicyclic amines) is 1. The SMILES string of the molecule is CCC(=O)Cn1c(CN2C(=O)C3(CN(C(=O)O)C3)c3ccccc32)nc2c1CCCC2. The van der Waals surface area contributed by atoms with Gasteiger partial charge in [0.25, 0.3) is 0 Å². The van der Waals surface area contributed by atoms with Crippen LogP contribution in [0.3, 0.4) is 0 Å². The average molecular weight is 422 g/mol. The van der Waals surface area contributed by atoms with Crippen molar-refractivity contribution in [3.8, 4) is 0 Å². The molecule has 1 spiro atoms. The lowest BCUT2D eigenvalue weighted by Crippen LogP contribution is -2.65. The van der Waals surface area contributed by atoms with Gasteiger partial charge in [0, 0.05) is 30.9 Å². The molecule has 1 fully saturated rings. The fourth-order valence-corrected chi connectivity index (χ4v) is 5.19. The zero-order valence-corrected chi connectivity index (χ0v) is 17.6. The van der Waals surface area contributed by atoms with E-state index in [1.165, 1.54) is 4.90 Å². The zero-order valence-electron chi connectivity index (χ0n) is 17.6. The molecule has 5 rings (SSSR count). The molecule has 3 heterocycles. The van der Waals surface area contributed by atoms with Gasteiger partial charge in [0.1, 0.15) is 11.2 Å².